The first kappa shape index (κ1) is 78.0. The van der Waals surface area contributed by atoms with Crippen molar-refractivity contribution in [3.63, 3.8) is 0 Å². The van der Waals surface area contributed by atoms with Gasteiger partial charge in [0.2, 0.25) is 29.0 Å². The Morgan fingerprint density at radius 2 is 1.62 bits per heavy atom. The predicted molar refractivity (Wildman–Crippen MR) is 343 cm³/mol. The van der Waals surface area contributed by atoms with E-state index >= 15 is 0 Å². The van der Waals surface area contributed by atoms with E-state index in [-0.39, 0.29) is 57.8 Å². The zero-order valence-electron chi connectivity index (χ0n) is 50.0. The summed E-state index contributed by atoms with van der Waals surface area (Å²) in [6.45, 7) is 20.8. The molecule has 3 unspecified atom stereocenters. The molecule has 0 saturated heterocycles. The Hall–Kier alpha value is -5.06. The molecule has 0 aliphatic carbocycles. The van der Waals surface area contributed by atoms with Crippen LogP contribution in [0.5, 0.6) is 11.5 Å². The molecule has 1 aliphatic rings. The number of rotatable bonds is 18. The van der Waals surface area contributed by atoms with Crippen molar-refractivity contribution < 1.29 is 52.5 Å². The molecular weight excluding hydrogens is 1270 g/mol. The first-order valence-electron chi connectivity index (χ1n) is 26.0. The van der Waals surface area contributed by atoms with Gasteiger partial charge in [-0.15, -0.1) is 23.1 Å². The minimum absolute atomic E-state index is 0.0223. The topological polar surface area (TPSA) is 289 Å². The predicted octanol–water partition coefficient (Wildman–Crippen LogP) is 9.65. The summed E-state index contributed by atoms with van der Waals surface area (Å²) < 4.78 is 32.2. The van der Waals surface area contributed by atoms with Gasteiger partial charge in [-0.05, 0) is 99.8 Å². The number of nitrogens with one attached hydrogen (secondary N) is 3. The number of anilines is 4. The third-order valence-corrected chi connectivity index (χ3v) is 12.3. The summed E-state index contributed by atoms with van der Waals surface area (Å²) in [6, 6.07) is 16.5. The van der Waals surface area contributed by atoms with Crippen LogP contribution in [0.15, 0.2) is 63.8 Å². The highest BCUT2D eigenvalue weighted by Crippen LogP contribution is 2.36. The molecule has 1 aliphatic heterocycles. The number of para-hydroxylation sites is 3. The Morgan fingerprint density at radius 1 is 1.00 bits per heavy atom. The lowest BCUT2D eigenvalue weighted by atomic mass is 9.97. The van der Waals surface area contributed by atoms with Gasteiger partial charge in [-0.25, -0.2) is 4.79 Å². The number of methoxy groups -OCH3 is 1. The molecule has 2 aromatic heterocycles. The van der Waals surface area contributed by atoms with Crippen LogP contribution in [0.1, 0.15) is 79.3 Å². The number of benzene rings is 3. The van der Waals surface area contributed by atoms with Crippen molar-refractivity contribution in [2.24, 2.45) is 0 Å². The fourth-order valence-electron chi connectivity index (χ4n) is 6.92. The maximum absolute atomic E-state index is 12.2. The van der Waals surface area contributed by atoms with Crippen molar-refractivity contribution in [2.75, 3.05) is 91.4 Å². The second-order valence-electron chi connectivity index (χ2n) is 19.8. The van der Waals surface area contributed by atoms with E-state index in [1.165, 1.54) is 12.1 Å². The summed E-state index contributed by atoms with van der Waals surface area (Å²) in [6.07, 6.45) is 11.9. The second kappa shape index (κ2) is 39.0. The molecule has 0 fully saturated rings. The molecule has 0 spiro atoms. The van der Waals surface area contributed by atoms with Gasteiger partial charge in [-0.1, -0.05) is 110 Å². The number of nitrogens with zero attached hydrogens (tertiary/aromatic N) is 7. The maximum Gasteiger partial charge on any atom is 0.442 e. The van der Waals surface area contributed by atoms with Crippen molar-refractivity contribution in [1.29, 1.82) is 0 Å². The summed E-state index contributed by atoms with van der Waals surface area (Å²) in [4.78, 5) is 78.2. The van der Waals surface area contributed by atoms with E-state index in [9.17, 15) is 28.6 Å². The van der Waals surface area contributed by atoms with E-state index in [0.717, 1.165) is 40.1 Å². The molecule has 3 heterocycles. The highest BCUT2D eigenvalue weighted by atomic mass is 35.5. The number of carboxylic acids is 1. The fourth-order valence-corrected chi connectivity index (χ4v) is 8.33. The van der Waals surface area contributed by atoms with Crippen LogP contribution in [0.3, 0.4) is 0 Å². The standard InChI is InChI=1S/C15H14Cl2N2O3.C15H22ClNO2.C11H11Cl2NO2.C8H14ClN5.C3H8NO5P.C3H9S/c1-5-6-21-12-8-11(9(16)7-10(12)17)19-14(20)22-13(18-19)15(2,3)4;1-5-13-8-6-7-11(2)15(13)17(14(18)9-16)12(3)10-19-4;1-7-6-16-9-5-3-2-4-8(9)14(7)11(15)10(12)13;1-4-10-7-12-6(9)13-8(14-7)11-5(2)3;5-3(6)1-4-2-10(7,8)9;1-4(2)3/h1,7-8H,6H2,2-4H3;6-8,12H,5,9-10H2,1-4H3;2-5,7,10H,6H2,1H3;5H,4H2,1-3H3,(H2,10,11,12,13,14);4H,1-2H2,(H,5,6)(H2,7,8,9);1-3H3/q;;;;;+1/p-1. The number of hydrogen-bond acceptors (Lipinski definition) is 17. The molecule has 30 heteroatoms. The number of carbonyl (C=O) groups excluding carboxylic acids is 2. The lowest BCUT2D eigenvalue weighted by Gasteiger charge is -2.35. The Balaban J connectivity index is 0.000000533. The number of ether oxygens (including phenoxy) is 3. The lowest BCUT2D eigenvalue weighted by Crippen LogP contribution is -2.47. The molecule has 85 heavy (non-hydrogen) atoms. The molecule has 2 amide bonds. The molecule has 5 N–H and O–H groups in total. The maximum atomic E-state index is 12.2. The van der Waals surface area contributed by atoms with Gasteiger partial charge < -0.3 is 58.5 Å². The molecule has 0 bridgehead atoms. The molecular formula is C55H77Cl6N10O12PS. The number of amides is 2. The van der Waals surface area contributed by atoms with Gasteiger partial charge in [0, 0.05) is 31.2 Å². The van der Waals surface area contributed by atoms with Crippen LogP contribution in [-0.4, -0.2) is 146 Å². The van der Waals surface area contributed by atoms with Crippen LogP contribution in [0, 0.1) is 19.3 Å². The monoisotopic (exact) mass is 1340 g/mol. The van der Waals surface area contributed by atoms with E-state index in [0.29, 0.717) is 59.1 Å². The van der Waals surface area contributed by atoms with Crippen molar-refractivity contribution in [1.82, 2.24) is 30.0 Å². The number of carboxylic acid groups (broad SMARTS) is 1. The summed E-state index contributed by atoms with van der Waals surface area (Å²) in [7, 11) is -2.07. The summed E-state index contributed by atoms with van der Waals surface area (Å²) in [5, 5.41) is 20.9. The minimum Gasteiger partial charge on any atom is -0.778 e. The second-order valence-corrected chi connectivity index (χ2v) is 26.3. The Labute approximate surface area is 530 Å². The normalized spacial score (nSPS) is 13.3. The summed E-state index contributed by atoms with van der Waals surface area (Å²) >= 11 is 34.9. The van der Waals surface area contributed by atoms with Crippen molar-refractivity contribution in [3.05, 3.63) is 97.5 Å². The Morgan fingerprint density at radius 3 is 2.14 bits per heavy atom. The average molecular weight is 1350 g/mol. The van der Waals surface area contributed by atoms with Crippen LogP contribution in [0.25, 0.3) is 5.69 Å². The number of carbonyl (C=O) groups is 3. The zero-order chi connectivity index (χ0) is 64.9. The number of terminal acetylenes is 1. The quantitative estimate of drug-likeness (QED) is 0.0236. The molecule has 0 radical (unpaired) electrons. The van der Waals surface area contributed by atoms with Crippen molar-refractivity contribution >= 4 is 129 Å². The van der Waals surface area contributed by atoms with Crippen LogP contribution in [-0.2, 0) is 46.4 Å². The number of fused-ring (bicyclic) bond motifs is 1. The first-order valence-corrected chi connectivity index (χ1v) is 32.7. The average Bonchev–Trinajstić information content (AvgIpc) is 3.95. The number of hydrogen-bond donors (Lipinski definition) is 5. The minimum atomic E-state index is -4.35. The summed E-state index contributed by atoms with van der Waals surface area (Å²) in [5.74, 6) is 2.39. The first-order chi connectivity index (χ1) is 39.7. The molecule has 5 aromatic rings. The number of aliphatic carboxylic acids is 1. The van der Waals surface area contributed by atoms with Crippen LogP contribution >= 0.6 is 77.2 Å². The van der Waals surface area contributed by atoms with E-state index in [1.54, 1.807) is 16.9 Å². The van der Waals surface area contributed by atoms with Gasteiger partial charge in [0.15, 0.2) is 4.84 Å². The Kier molecular flexibility index (Phi) is 35.7. The molecule has 472 valence electrons. The molecule has 3 atom stereocenters. The van der Waals surface area contributed by atoms with Crippen molar-refractivity contribution in [3.8, 4) is 29.5 Å². The number of alkyl halides is 3. The van der Waals surface area contributed by atoms with Crippen LogP contribution in [0.2, 0.25) is 15.3 Å². The molecule has 6 rings (SSSR count). The van der Waals surface area contributed by atoms with Gasteiger partial charge in [-0.2, -0.15) is 19.6 Å². The highest BCUT2D eigenvalue weighted by molar-refractivity contribution is 7.94. The van der Waals surface area contributed by atoms with Gasteiger partial charge in [-0.3, -0.25) is 19.7 Å². The van der Waals surface area contributed by atoms with E-state index < -0.39 is 42.4 Å². The Bertz CT molecular complexity index is 3050. The van der Waals surface area contributed by atoms with Gasteiger partial charge >= 0.3 is 11.7 Å². The van der Waals surface area contributed by atoms with Gasteiger partial charge in [0.05, 0.1) is 77.4 Å². The number of aryl methyl sites for hydroxylation is 2. The third-order valence-electron chi connectivity index (χ3n) is 10.3. The van der Waals surface area contributed by atoms with E-state index in [2.05, 4.69) is 68.4 Å². The SMILES string of the molecule is C#CCOc1cc(-n2nc(C(C)(C)C)oc2=O)c(Cl)cc1Cl.CC1COc2ccccc2N1C(=O)C(Cl)Cl.CCNc1nc(Cl)nc(NC(C)C)n1.CCc1cccc(C)c1N(C(=O)CCl)C(C)COC.C[S+](C)C.O=C(O)CNCP(=O)([O-])O. The molecule has 0 saturated carbocycles. The largest absolute Gasteiger partial charge is 0.778 e. The van der Waals surface area contributed by atoms with Crippen molar-refractivity contribution in [2.45, 2.75) is 104 Å². The third kappa shape index (κ3) is 28.5. The lowest BCUT2D eigenvalue weighted by molar-refractivity contribution is -0.193. The summed E-state index contributed by atoms with van der Waals surface area (Å²) in [5.41, 5.74) is 3.83. The molecule has 3 aromatic carbocycles. The van der Waals surface area contributed by atoms with E-state index in [1.807, 2.05) is 104 Å². The van der Waals surface area contributed by atoms with Gasteiger partial charge in [0.1, 0.15) is 38.2 Å². The zero-order valence-corrected chi connectivity index (χ0v) is 56.2. The number of halogens is 6. The van der Waals surface area contributed by atoms with Crippen LogP contribution < -0.4 is 45.9 Å². The molecule has 22 nitrogen and oxygen atoms in total. The smallest absolute Gasteiger partial charge is 0.442 e. The van der Waals surface area contributed by atoms with Gasteiger partial charge in [0.25, 0.3) is 5.91 Å². The number of aromatic nitrogens is 5. The van der Waals surface area contributed by atoms with Crippen LogP contribution in [0.4, 0.5) is 23.3 Å². The fraction of sp³-hybridized carbons (Fsp3) is 0.491. The van der Waals surface area contributed by atoms with E-state index in [4.69, 9.17) is 105 Å². The highest BCUT2D eigenvalue weighted by Gasteiger charge is 2.32.